The highest BCUT2D eigenvalue weighted by atomic mass is 16.5. The fraction of sp³-hybridized carbons (Fsp3) is 0.294. The van der Waals surface area contributed by atoms with Gasteiger partial charge in [-0.1, -0.05) is 12.1 Å². The number of imide groups is 1. The average Bonchev–Trinajstić information content (AvgIpc) is 2.64. The Morgan fingerprint density at radius 2 is 1.81 bits per heavy atom. The topological polar surface area (TPSA) is 123 Å². The van der Waals surface area contributed by atoms with Crippen molar-refractivity contribution in [3.63, 3.8) is 0 Å². The number of esters is 1. The van der Waals surface area contributed by atoms with Gasteiger partial charge in [0.15, 0.2) is 6.61 Å². The first-order valence-corrected chi connectivity index (χ1v) is 7.66. The largest absolute Gasteiger partial charge is 0.497 e. The van der Waals surface area contributed by atoms with Crippen molar-refractivity contribution in [2.75, 3.05) is 20.8 Å². The molecule has 1 aromatic carbocycles. The van der Waals surface area contributed by atoms with Crippen LogP contribution in [0.3, 0.4) is 0 Å². The molecule has 3 N–H and O–H groups in total. The van der Waals surface area contributed by atoms with Gasteiger partial charge in [-0.3, -0.25) is 14.9 Å². The number of hydrogen-bond donors (Lipinski definition) is 3. The van der Waals surface area contributed by atoms with Gasteiger partial charge in [0.2, 0.25) is 5.91 Å². The van der Waals surface area contributed by atoms with E-state index in [2.05, 4.69) is 10.6 Å². The van der Waals surface area contributed by atoms with Gasteiger partial charge in [0.05, 0.1) is 7.11 Å². The Kier molecular flexibility index (Phi) is 8.35. The van der Waals surface area contributed by atoms with Crippen molar-refractivity contribution < 1.29 is 28.7 Å². The number of carbonyl (C=O) groups excluding carboxylic acids is 4. The number of amides is 4. The first-order valence-electron chi connectivity index (χ1n) is 7.66. The number of benzene rings is 1. The second-order valence-corrected chi connectivity index (χ2v) is 5.07. The minimum absolute atomic E-state index is 0.500. The summed E-state index contributed by atoms with van der Waals surface area (Å²) in [6.07, 6.45) is 2.84. The maximum Gasteiger partial charge on any atom is 0.328 e. The molecule has 0 heterocycles. The minimum atomic E-state index is -0.962. The molecule has 0 unspecified atom stereocenters. The molecule has 140 valence electrons. The summed E-state index contributed by atoms with van der Waals surface area (Å²) in [5.74, 6) is -1.39. The summed E-state index contributed by atoms with van der Waals surface area (Å²) in [6.45, 7) is 0.784. The van der Waals surface area contributed by atoms with Crippen molar-refractivity contribution >= 4 is 29.9 Å². The second-order valence-electron chi connectivity index (χ2n) is 5.07. The smallest absolute Gasteiger partial charge is 0.328 e. The molecule has 9 nitrogen and oxygen atoms in total. The Morgan fingerprint density at radius 1 is 1.15 bits per heavy atom. The lowest BCUT2D eigenvalue weighted by molar-refractivity contribution is -0.150. The highest BCUT2D eigenvalue weighted by Gasteiger charge is 2.17. The predicted molar refractivity (Wildman–Crippen MR) is 93.2 cm³/mol. The van der Waals surface area contributed by atoms with Gasteiger partial charge in [-0.05, 0) is 30.7 Å². The van der Waals surface area contributed by atoms with Crippen molar-refractivity contribution in [2.45, 2.75) is 13.0 Å². The van der Waals surface area contributed by atoms with Gasteiger partial charge in [-0.25, -0.2) is 9.59 Å². The molecule has 1 aromatic rings. The van der Waals surface area contributed by atoms with E-state index in [1.54, 1.807) is 37.5 Å². The van der Waals surface area contributed by atoms with Gasteiger partial charge in [0.1, 0.15) is 11.8 Å². The molecule has 0 radical (unpaired) electrons. The van der Waals surface area contributed by atoms with E-state index in [-0.39, 0.29) is 0 Å². The van der Waals surface area contributed by atoms with Crippen LogP contribution in [0.5, 0.6) is 5.75 Å². The van der Waals surface area contributed by atoms with Crippen LogP contribution in [0.25, 0.3) is 6.08 Å². The first kappa shape index (κ1) is 20.7. The molecular weight excluding hydrogens is 342 g/mol. The molecule has 0 fully saturated rings. The molecule has 0 aliphatic rings. The molecule has 4 amide bonds. The van der Waals surface area contributed by atoms with Crippen LogP contribution in [-0.4, -0.2) is 50.6 Å². The van der Waals surface area contributed by atoms with Crippen molar-refractivity contribution in [1.29, 1.82) is 0 Å². The number of ether oxygens (including phenoxy) is 2. The minimum Gasteiger partial charge on any atom is -0.497 e. The summed E-state index contributed by atoms with van der Waals surface area (Å²) in [7, 11) is 2.90. The van der Waals surface area contributed by atoms with E-state index in [1.165, 1.54) is 20.0 Å². The van der Waals surface area contributed by atoms with E-state index in [4.69, 9.17) is 9.47 Å². The lowest BCUT2D eigenvalue weighted by Gasteiger charge is -2.12. The Balaban J connectivity index is 2.42. The molecule has 26 heavy (non-hydrogen) atoms. The fourth-order valence-electron chi connectivity index (χ4n) is 1.69. The van der Waals surface area contributed by atoms with Crippen molar-refractivity contribution in [2.24, 2.45) is 0 Å². The summed E-state index contributed by atoms with van der Waals surface area (Å²) >= 11 is 0. The zero-order valence-electron chi connectivity index (χ0n) is 14.7. The zero-order chi connectivity index (χ0) is 19.5. The van der Waals surface area contributed by atoms with Gasteiger partial charge in [-0.15, -0.1) is 0 Å². The van der Waals surface area contributed by atoms with E-state index in [0.29, 0.717) is 5.75 Å². The second kappa shape index (κ2) is 10.5. The number of carbonyl (C=O) groups is 4. The molecule has 0 aliphatic carbocycles. The van der Waals surface area contributed by atoms with E-state index in [9.17, 15) is 19.2 Å². The van der Waals surface area contributed by atoms with E-state index < -0.39 is 36.5 Å². The summed E-state index contributed by atoms with van der Waals surface area (Å²) < 4.78 is 9.75. The van der Waals surface area contributed by atoms with E-state index >= 15 is 0 Å². The maximum atomic E-state index is 11.8. The number of nitrogens with one attached hydrogen (secondary N) is 3. The number of hydrogen-bond acceptors (Lipinski definition) is 6. The zero-order valence-corrected chi connectivity index (χ0v) is 14.7. The molecule has 9 heteroatoms. The van der Waals surface area contributed by atoms with Crippen molar-refractivity contribution in [3.05, 3.63) is 35.9 Å². The maximum absolute atomic E-state index is 11.8. The molecule has 0 aromatic heterocycles. The summed E-state index contributed by atoms with van der Waals surface area (Å²) in [5.41, 5.74) is 0.780. The van der Waals surface area contributed by atoms with Gasteiger partial charge in [0, 0.05) is 13.1 Å². The number of methoxy groups -OCH3 is 1. The first-order chi connectivity index (χ1) is 12.3. The number of urea groups is 1. The van der Waals surface area contributed by atoms with E-state index in [0.717, 1.165) is 5.56 Å². The van der Waals surface area contributed by atoms with Crippen molar-refractivity contribution in [3.8, 4) is 5.75 Å². The molecule has 1 rings (SSSR count). The SMILES string of the molecule is CNC(=O)NC(=O)COC(=O)[C@H](C)NC(=O)/C=C/c1ccc(OC)cc1. The summed E-state index contributed by atoms with van der Waals surface area (Å²) in [6, 6.07) is 5.37. The van der Waals surface area contributed by atoms with Crippen LogP contribution < -0.4 is 20.7 Å². The third-order valence-electron chi connectivity index (χ3n) is 3.08. The lowest BCUT2D eigenvalue weighted by Crippen LogP contribution is -2.42. The average molecular weight is 363 g/mol. The van der Waals surface area contributed by atoms with Crippen LogP contribution in [0.4, 0.5) is 4.79 Å². The Hall–Kier alpha value is -3.36. The molecule has 0 bridgehead atoms. The third kappa shape index (κ3) is 7.47. The van der Waals surface area contributed by atoms with Crippen molar-refractivity contribution in [1.82, 2.24) is 16.0 Å². The van der Waals surface area contributed by atoms with Crippen LogP contribution in [0.15, 0.2) is 30.3 Å². The predicted octanol–water partition coefficient (Wildman–Crippen LogP) is 0.212. The van der Waals surface area contributed by atoms with Gasteiger partial charge in [0.25, 0.3) is 5.91 Å². The Bertz CT molecular complexity index is 684. The van der Waals surface area contributed by atoms with Gasteiger partial charge < -0.3 is 20.1 Å². The number of rotatable bonds is 7. The highest BCUT2D eigenvalue weighted by molar-refractivity contribution is 5.96. The molecule has 0 spiro atoms. The third-order valence-corrected chi connectivity index (χ3v) is 3.08. The molecule has 0 aliphatic heterocycles. The van der Waals surface area contributed by atoms with Crippen LogP contribution in [-0.2, 0) is 19.1 Å². The van der Waals surface area contributed by atoms with Crippen LogP contribution in [0, 0.1) is 0 Å². The molecular formula is C17H21N3O6. The van der Waals surface area contributed by atoms with Crippen LogP contribution in [0.2, 0.25) is 0 Å². The quantitative estimate of drug-likeness (QED) is 0.470. The van der Waals surface area contributed by atoms with Crippen LogP contribution in [0.1, 0.15) is 12.5 Å². The molecule has 1 atom stereocenters. The van der Waals surface area contributed by atoms with Crippen LogP contribution >= 0.6 is 0 Å². The normalized spacial score (nSPS) is 11.3. The summed E-state index contributed by atoms with van der Waals surface area (Å²) in [5, 5.41) is 6.53. The standard InChI is InChI=1S/C17H21N3O6/c1-11(16(23)26-10-15(22)20-17(24)18-2)19-14(21)9-6-12-4-7-13(25-3)8-5-12/h4-9,11H,10H2,1-3H3,(H,19,21)(H2,18,20,22,24)/b9-6+/t11-/m0/s1. The highest BCUT2D eigenvalue weighted by Crippen LogP contribution is 2.12. The molecule has 0 saturated heterocycles. The van der Waals surface area contributed by atoms with Gasteiger partial charge in [-0.2, -0.15) is 0 Å². The monoisotopic (exact) mass is 363 g/mol. The molecule has 0 saturated carbocycles. The summed E-state index contributed by atoms with van der Waals surface area (Å²) in [4.78, 5) is 45.8. The van der Waals surface area contributed by atoms with Gasteiger partial charge >= 0.3 is 12.0 Å². The Labute approximate surface area is 150 Å². The fourth-order valence-corrected chi connectivity index (χ4v) is 1.69. The van der Waals surface area contributed by atoms with E-state index in [1.807, 2.05) is 5.32 Å². The Morgan fingerprint density at radius 3 is 2.38 bits per heavy atom. The lowest BCUT2D eigenvalue weighted by atomic mass is 10.2.